The molecule has 0 N–H and O–H groups in total. The van der Waals surface area contributed by atoms with E-state index in [0.717, 1.165) is 17.5 Å². The minimum absolute atomic E-state index is 0.756. The molecule has 0 bridgehead atoms. The normalized spacial score (nSPS) is 10.7. The number of aromatic nitrogens is 2. The summed E-state index contributed by atoms with van der Waals surface area (Å²) in [7, 11) is 1.87. The van der Waals surface area contributed by atoms with Gasteiger partial charge in [0.2, 0.25) is 0 Å². The predicted molar refractivity (Wildman–Crippen MR) is 43.0 cm³/mol. The fraction of sp³-hybridized carbons (Fsp3) is 0.250. The topological polar surface area (TPSA) is 34.9 Å². The molecular weight excluding hydrogens is 140 g/mol. The van der Waals surface area contributed by atoms with Crippen LogP contribution in [0.5, 0.6) is 0 Å². The largest absolute Gasteiger partial charge is 0.299 e. The third-order valence-electron chi connectivity index (χ3n) is 1.63. The number of carbonyl (C=O) groups is 1. The van der Waals surface area contributed by atoms with Crippen LogP contribution < -0.4 is 0 Å². The smallest absolute Gasteiger partial charge is 0.142 e. The van der Waals surface area contributed by atoms with E-state index in [2.05, 4.69) is 5.10 Å². The van der Waals surface area contributed by atoms with E-state index in [4.69, 9.17) is 0 Å². The van der Waals surface area contributed by atoms with Crippen LogP contribution in [0.25, 0.3) is 6.08 Å². The maximum Gasteiger partial charge on any atom is 0.142 e. The number of hydrogen-bond acceptors (Lipinski definition) is 2. The van der Waals surface area contributed by atoms with Crippen molar-refractivity contribution in [3.63, 3.8) is 0 Å². The number of aldehydes is 1. The first-order valence-corrected chi connectivity index (χ1v) is 3.36. The Balaban J connectivity index is 2.95. The van der Waals surface area contributed by atoms with Crippen LogP contribution in [0.3, 0.4) is 0 Å². The molecule has 0 aliphatic heterocycles. The fourth-order valence-corrected chi connectivity index (χ4v) is 0.822. The molecule has 1 aromatic rings. The molecule has 3 nitrogen and oxygen atoms in total. The third kappa shape index (κ3) is 1.55. The molecule has 0 atom stereocenters. The van der Waals surface area contributed by atoms with Crippen LogP contribution in [0.2, 0.25) is 0 Å². The molecule has 1 aromatic heterocycles. The van der Waals surface area contributed by atoms with E-state index in [1.54, 1.807) is 17.0 Å². The lowest BCUT2D eigenvalue weighted by atomic mass is 10.2. The number of nitrogens with zero attached hydrogens (tertiary/aromatic N) is 2. The molecule has 0 fully saturated rings. The molecule has 0 aliphatic carbocycles. The second-order valence-corrected chi connectivity index (χ2v) is 2.30. The van der Waals surface area contributed by atoms with E-state index < -0.39 is 0 Å². The highest BCUT2D eigenvalue weighted by Crippen LogP contribution is 2.06. The monoisotopic (exact) mass is 150 g/mol. The number of allylic oxidation sites excluding steroid dienone is 1. The van der Waals surface area contributed by atoms with E-state index in [-0.39, 0.29) is 0 Å². The molecule has 0 saturated heterocycles. The molecular formula is C8H10N2O. The highest BCUT2D eigenvalue weighted by atomic mass is 16.1. The Morgan fingerprint density at radius 1 is 1.64 bits per heavy atom. The second kappa shape index (κ2) is 3.14. The lowest BCUT2D eigenvalue weighted by Crippen LogP contribution is -1.92. The lowest BCUT2D eigenvalue weighted by molar-refractivity contribution is -0.104. The van der Waals surface area contributed by atoms with Gasteiger partial charge in [-0.2, -0.15) is 5.10 Å². The number of hydrogen-bond donors (Lipinski definition) is 0. The summed E-state index contributed by atoms with van der Waals surface area (Å²) in [6.45, 7) is 1.96. The van der Waals surface area contributed by atoms with Gasteiger partial charge in [0, 0.05) is 18.3 Å². The Kier molecular flexibility index (Phi) is 2.21. The zero-order chi connectivity index (χ0) is 8.27. The van der Waals surface area contributed by atoms with Crippen molar-refractivity contribution in [2.75, 3.05) is 0 Å². The van der Waals surface area contributed by atoms with Crippen molar-refractivity contribution in [2.45, 2.75) is 6.92 Å². The third-order valence-corrected chi connectivity index (χ3v) is 1.63. The first-order chi connectivity index (χ1) is 5.25. The highest BCUT2D eigenvalue weighted by molar-refractivity contribution is 5.74. The quantitative estimate of drug-likeness (QED) is 0.464. The van der Waals surface area contributed by atoms with Crippen molar-refractivity contribution in [2.24, 2.45) is 7.05 Å². The van der Waals surface area contributed by atoms with Gasteiger partial charge in [-0.25, -0.2) is 0 Å². The first-order valence-electron chi connectivity index (χ1n) is 3.36. The maximum absolute atomic E-state index is 9.98. The summed E-state index contributed by atoms with van der Waals surface area (Å²) < 4.78 is 1.77. The minimum atomic E-state index is 0.756. The molecule has 1 rings (SSSR count). The van der Waals surface area contributed by atoms with Crippen LogP contribution >= 0.6 is 0 Å². The van der Waals surface area contributed by atoms with Crippen LogP contribution in [0, 0.1) is 6.92 Å². The first kappa shape index (κ1) is 7.72. The van der Waals surface area contributed by atoms with Crippen LogP contribution in [-0.4, -0.2) is 16.1 Å². The molecule has 0 spiro atoms. The number of aryl methyl sites for hydroxylation is 1. The van der Waals surface area contributed by atoms with E-state index in [1.807, 2.05) is 14.0 Å². The molecule has 0 amide bonds. The van der Waals surface area contributed by atoms with Gasteiger partial charge >= 0.3 is 0 Å². The van der Waals surface area contributed by atoms with Crippen molar-refractivity contribution in [1.29, 1.82) is 0 Å². The fourth-order valence-electron chi connectivity index (χ4n) is 0.822. The van der Waals surface area contributed by atoms with Crippen molar-refractivity contribution in [3.8, 4) is 0 Å². The molecule has 11 heavy (non-hydrogen) atoms. The summed E-state index contributed by atoms with van der Waals surface area (Å²) in [5.41, 5.74) is 2.04. The average Bonchev–Trinajstić information content (AvgIpc) is 2.31. The van der Waals surface area contributed by atoms with Gasteiger partial charge in [-0.05, 0) is 19.1 Å². The standard InChI is InChI=1S/C8H10N2O/c1-7-8(4-3-5-11)6-9-10(7)2/h3-6H,1-2H3. The molecule has 3 heteroatoms. The van der Waals surface area contributed by atoms with Crippen LogP contribution in [0.15, 0.2) is 12.3 Å². The number of rotatable bonds is 2. The zero-order valence-electron chi connectivity index (χ0n) is 6.61. The second-order valence-electron chi connectivity index (χ2n) is 2.30. The van der Waals surface area contributed by atoms with E-state index >= 15 is 0 Å². The van der Waals surface area contributed by atoms with E-state index in [0.29, 0.717) is 0 Å². The van der Waals surface area contributed by atoms with Crippen LogP contribution in [0.4, 0.5) is 0 Å². The number of carbonyl (C=O) groups excluding carboxylic acids is 1. The minimum Gasteiger partial charge on any atom is -0.299 e. The summed E-state index contributed by atoms with van der Waals surface area (Å²) >= 11 is 0. The van der Waals surface area contributed by atoms with Gasteiger partial charge in [0.15, 0.2) is 0 Å². The van der Waals surface area contributed by atoms with E-state index in [9.17, 15) is 4.79 Å². The summed E-state index contributed by atoms with van der Waals surface area (Å²) in [6.07, 6.45) is 5.70. The molecule has 0 unspecified atom stereocenters. The van der Waals surface area contributed by atoms with Gasteiger partial charge in [-0.1, -0.05) is 0 Å². The Morgan fingerprint density at radius 3 is 2.82 bits per heavy atom. The molecule has 0 radical (unpaired) electrons. The zero-order valence-corrected chi connectivity index (χ0v) is 6.61. The molecule has 58 valence electrons. The van der Waals surface area contributed by atoms with Crippen molar-refractivity contribution in [1.82, 2.24) is 9.78 Å². The molecule has 1 heterocycles. The average molecular weight is 150 g/mol. The molecule has 0 saturated carbocycles. The molecule has 0 aromatic carbocycles. The highest BCUT2D eigenvalue weighted by Gasteiger charge is 1.97. The maximum atomic E-state index is 9.98. The van der Waals surface area contributed by atoms with Gasteiger partial charge in [0.05, 0.1) is 6.20 Å². The van der Waals surface area contributed by atoms with Crippen molar-refractivity contribution >= 4 is 12.4 Å². The summed E-state index contributed by atoms with van der Waals surface area (Å²) in [6, 6.07) is 0. The Morgan fingerprint density at radius 2 is 2.36 bits per heavy atom. The molecule has 0 aliphatic rings. The predicted octanol–water partition coefficient (Wildman–Crippen LogP) is 0.941. The van der Waals surface area contributed by atoms with Crippen molar-refractivity contribution in [3.05, 3.63) is 23.5 Å². The van der Waals surface area contributed by atoms with Crippen LogP contribution in [0.1, 0.15) is 11.3 Å². The van der Waals surface area contributed by atoms with Gasteiger partial charge < -0.3 is 0 Å². The summed E-state index contributed by atoms with van der Waals surface area (Å²) in [4.78, 5) is 9.98. The van der Waals surface area contributed by atoms with Crippen LogP contribution in [-0.2, 0) is 11.8 Å². The Bertz CT molecular complexity index is 286. The summed E-state index contributed by atoms with van der Waals surface area (Å²) in [5, 5.41) is 4.02. The van der Waals surface area contributed by atoms with Gasteiger partial charge in [-0.3, -0.25) is 9.48 Å². The Hall–Kier alpha value is -1.38. The van der Waals surface area contributed by atoms with Gasteiger partial charge in [-0.15, -0.1) is 0 Å². The summed E-state index contributed by atoms with van der Waals surface area (Å²) in [5.74, 6) is 0. The van der Waals surface area contributed by atoms with Gasteiger partial charge in [0.1, 0.15) is 6.29 Å². The van der Waals surface area contributed by atoms with E-state index in [1.165, 1.54) is 6.08 Å². The van der Waals surface area contributed by atoms with Gasteiger partial charge in [0.25, 0.3) is 0 Å². The Labute approximate surface area is 65.3 Å². The SMILES string of the molecule is Cc1c(C=CC=O)cnn1C. The van der Waals surface area contributed by atoms with Crippen molar-refractivity contribution < 1.29 is 4.79 Å². The lowest BCUT2D eigenvalue weighted by Gasteiger charge is -1.92.